The summed E-state index contributed by atoms with van der Waals surface area (Å²) in [4.78, 5) is 4.30. The van der Waals surface area contributed by atoms with Gasteiger partial charge in [-0.1, -0.05) is 15.9 Å². The summed E-state index contributed by atoms with van der Waals surface area (Å²) in [5, 5.41) is 3.22. The molecule has 2 aromatic rings. The number of aromatic nitrogens is 1. The van der Waals surface area contributed by atoms with E-state index in [0.717, 1.165) is 21.3 Å². The van der Waals surface area contributed by atoms with Gasteiger partial charge in [-0.15, -0.1) is 0 Å². The van der Waals surface area contributed by atoms with Gasteiger partial charge in [0.1, 0.15) is 0 Å². The Balaban J connectivity index is 2.36. The number of ether oxygens (including phenoxy) is 1. The highest BCUT2D eigenvalue weighted by atomic mass is 79.9. The Morgan fingerprint density at radius 2 is 1.84 bits per heavy atom. The predicted octanol–water partition coefficient (Wildman–Crippen LogP) is 3.80. The van der Waals surface area contributed by atoms with Crippen molar-refractivity contribution >= 4 is 33.1 Å². The highest BCUT2D eigenvalue weighted by Gasteiger charge is 2.06. The molecule has 1 aromatic heterocycles. The SMILES string of the molecule is COc1ccc(N)c(Nc2cc(C)c(Br)c(C)c2)n1. The van der Waals surface area contributed by atoms with Gasteiger partial charge >= 0.3 is 0 Å². The van der Waals surface area contributed by atoms with Crippen molar-refractivity contribution in [1.82, 2.24) is 4.98 Å². The summed E-state index contributed by atoms with van der Waals surface area (Å²) in [7, 11) is 1.58. The number of hydrogen-bond donors (Lipinski definition) is 2. The maximum atomic E-state index is 5.91. The standard InChI is InChI=1S/C14H16BrN3O/c1-8-6-10(7-9(2)13(8)15)17-14-11(16)4-5-12(18-14)19-3/h4-7H,16H2,1-3H3,(H,17,18). The fourth-order valence-corrected chi connectivity index (χ4v) is 2.05. The first-order chi connectivity index (χ1) is 9.01. The fraction of sp³-hybridized carbons (Fsp3) is 0.214. The van der Waals surface area contributed by atoms with Crippen molar-refractivity contribution in [3.05, 3.63) is 39.9 Å². The third kappa shape index (κ3) is 2.98. The average molecular weight is 322 g/mol. The number of halogens is 1. The number of nitrogens with two attached hydrogens (primary N) is 1. The number of benzene rings is 1. The Kier molecular flexibility index (Phi) is 3.95. The molecule has 0 saturated carbocycles. The summed E-state index contributed by atoms with van der Waals surface area (Å²) < 4.78 is 6.22. The first-order valence-electron chi connectivity index (χ1n) is 5.85. The van der Waals surface area contributed by atoms with Crippen LogP contribution in [0.5, 0.6) is 5.88 Å². The lowest BCUT2D eigenvalue weighted by atomic mass is 10.1. The van der Waals surface area contributed by atoms with Gasteiger partial charge in [0.25, 0.3) is 0 Å². The molecule has 0 aliphatic heterocycles. The Labute approximate surface area is 121 Å². The monoisotopic (exact) mass is 321 g/mol. The second-order valence-electron chi connectivity index (χ2n) is 4.34. The Hall–Kier alpha value is -1.75. The van der Waals surface area contributed by atoms with Crippen molar-refractivity contribution in [2.45, 2.75) is 13.8 Å². The zero-order valence-electron chi connectivity index (χ0n) is 11.1. The zero-order valence-corrected chi connectivity index (χ0v) is 12.7. The Bertz CT molecular complexity index is 591. The number of aryl methyl sites for hydroxylation is 2. The van der Waals surface area contributed by atoms with Crippen LogP contribution in [0.3, 0.4) is 0 Å². The van der Waals surface area contributed by atoms with Gasteiger partial charge < -0.3 is 15.8 Å². The van der Waals surface area contributed by atoms with Gasteiger partial charge in [0.05, 0.1) is 12.8 Å². The van der Waals surface area contributed by atoms with Crippen LogP contribution in [0.25, 0.3) is 0 Å². The molecule has 0 bridgehead atoms. The van der Waals surface area contributed by atoms with Crippen LogP contribution in [0.1, 0.15) is 11.1 Å². The number of hydrogen-bond acceptors (Lipinski definition) is 4. The van der Waals surface area contributed by atoms with Crippen molar-refractivity contribution in [3.8, 4) is 5.88 Å². The minimum Gasteiger partial charge on any atom is -0.481 e. The summed E-state index contributed by atoms with van der Waals surface area (Å²) in [6, 6.07) is 7.58. The van der Waals surface area contributed by atoms with Crippen LogP contribution >= 0.6 is 15.9 Å². The maximum Gasteiger partial charge on any atom is 0.215 e. The minimum absolute atomic E-state index is 0.530. The zero-order chi connectivity index (χ0) is 14.0. The molecule has 0 fully saturated rings. The molecule has 3 N–H and O–H groups in total. The molecule has 0 saturated heterocycles. The molecule has 100 valence electrons. The number of methoxy groups -OCH3 is 1. The van der Waals surface area contributed by atoms with Gasteiger partial charge in [-0.2, -0.15) is 4.98 Å². The fourth-order valence-electron chi connectivity index (χ4n) is 1.82. The van der Waals surface area contributed by atoms with E-state index in [9.17, 15) is 0 Å². The Morgan fingerprint density at radius 3 is 2.42 bits per heavy atom. The number of rotatable bonds is 3. The Morgan fingerprint density at radius 1 is 1.21 bits per heavy atom. The number of anilines is 3. The third-order valence-electron chi connectivity index (χ3n) is 2.81. The molecule has 0 aliphatic carbocycles. The molecule has 0 atom stereocenters. The van der Waals surface area contributed by atoms with E-state index in [1.54, 1.807) is 19.2 Å². The van der Waals surface area contributed by atoms with Crippen molar-refractivity contribution in [2.24, 2.45) is 0 Å². The van der Waals surface area contributed by atoms with E-state index < -0.39 is 0 Å². The van der Waals surface area contributed by atoms with Crippen LogP contribution in [0, 0.1) is 13.8 Å². The smallest absolute Gasteiger partial charge is 0.215 e. The van der Waals surface area contributed by atoms with E-state index >= 15 is 0 Å². The molecule has 0 amide bonds. The van der Waals surface area contributed by atoms with Crippen molar-refractivity contribution in [1.29, 1.82) is 0 Å². The molecule has 4 nitrogen and oxygen atoms in total. The predicted molar refractivity (Wildman–Crippen MR) is 82.1 cm³/mol. The third-order valence-corrected chi connectivity index (χ3v) is 4.06. The van der Waals surface area contributed by atoms with Crippen LogP contribution in [0.15, 0.2) is 28.7 Å². The molecule has 0 radical (unpaired) electrons. The number of pyridine rings is 1. The summed E-state index contributed by atoms with van der Waals surface area (Å²) in [5.74, 6) is 1.13. The van der Waals surface area contributed by atoms with Crippen LogP contribution in [0.4, 0.5) is 17.2 Å². The summed E-state index contributed by atoms with van der Waals surface area (Å²) in [6.07, 6.45) is 0. The number of nitrogen functional groups attached to an aromatic ring is 1. The molecule has 1 aromatic carbocycles. The van der Waals surface area contributed by atoms with Crippen LogP contribution in [-0.2, 0) is 0 Å². The largest absolute Gasteiger partial charge is 0.481 e. The molecule has 0 spiro atoms. The quantitative estimate of drug-likeness (QED) is 0.902. The number of nitrogens with one attached hydrogen (secondary N) is 1. The highest BCUT2D eigenvalue weighted by Crippen LogP contribution is 2.28. The van der Waals surface area contributed by atoms with Crippen LogP contribution in [0.2, 0.25) is 0 Å². The molecule has 2 rings (SSSR count). The highest BCUT2D eigenvalue weighted by molar-refractivity contribution is 9.10. The van der Waals surface area contributed by atoms with Gasteiger partial charge in [-0.3, -0.25) is 0 Å². The normalized spacial score (nSPS) is 10.3. The second-order valence-corrected chi connectivity index (χ2v) is 5.13. The van der Waals surface area contributed by atoms with Crippen molar-refractivity contribution in [2.75, 3.05) is 18.2 Å². The molecular weight excluding hydrogens is 306 g/mol. The summed E-state index contributed by atoms with van der Waals surface area (Å²) >= 11 is 3.55. The van der Waals surface area contributed by atoms with E-state index in [0.29, 0.717) is 17.4 Å². The lowest BCUT2D eigenvalue weighted by Crippen LogP contribution is -2.01. The first kappa shape index (κ1) is 13.7. The molecule has 0 unspecified atom stereocenters. The summed E-state index contributed by atoms with van der Waals surface area (Å²) in [5.41, 5.74) is 9.75. The first-order valence-corrected chi connectivity index (χ1v) is 6.65. The minimum atomic E-state index is 0.530. The molecular formula is C14H16BrN3O. The summed E-state index contributed by atoms with van der Waals surface area (Å²) in [6.45, 7) is 4.09. The van der Waals surface area contributed by atoms with Gasteiger partial charge in [0, 0.05) is 16.2 Å². The molecule has 5 heteroatoms. The van der Waals surface area contributed by atoms with Gasteiger partial charge in [0.2, 0.25) is 5.88 Å². The molecule has 0 aliphatic rings. The van der Waals surface area contributed by atoms with E-state index in [1.807, 2.05) is 26.0 Å². The maximum absolute atomic E-state index is 5.91. The van der Waals surface area contributed by atoms with Crippen LogP contribution < -0.4 is 15.8 Å². The van der Waals surface area contributed by atoms with Crippen molar-refractivity contribution in [3.63, 3.8) is 0 Å². The lowest BCUT2D eigenvalue weighted by Gasteiger charge is -2.12. The van der Waals surface area contributed by atoms with Gasteiger partial charge in [0.15, 0.2) is 5.82 Å². The lowest BCUT2D eigenvalue weighted by molar-refractivity contribution is 0.398. The second kappa shape index (κ2) is 5.48. The van der Waals surface area contributed by atoms with Crippen molar-refractivity contribution < 1.29 is 4.74 Å². The van der Waals surface area contributed by atoms with Gasteiger partial charge in [-0.05, 0) is 43.2 Å². The van der Waals surface area contributed by atoms with E-state index in [-0.39, 0.29) is 0 Å². The molecule has 19 heavy (non-hydrogen) atoms. The van der Waals surface area contributed by atoms with E-state index in [4.69, 9.17) is 10.5 Å². The van der Waals surface area contributed by atoms with Crippen LogP contribution in [-0.4, -0.2) is 12.1 Å². The van der Waals surface area contributed by atoms with E-state index in [1.165, 1.54) is 0 Å². The number of nitrogens with zero attached hydrogens (tertiary/aromatic N) is 1. The van der Waals surface area contributed by atoms with Gasteiger partial charge in [-0.25, -0.2) is 0 Å². The van der Waals surface area contributed by atoms with E-state index in [2.05, 4.69) is 26.2 Å². The molecule has 1 heterocycles. The average Bonchev–Trinajstić information content (AvgIpc) is 2.38. The topological polar surface area (TPSA) is 60.2 Å².